The molecule has 2 aromatic rings. The van der Waals surface area contributed by atoms with E-state index in [9.17, 15) is 22.4 Å². The van der Waals surface area contributed by atoms with E-state index in [-0.39, 0.29) is 40.7 Å². The fraction of sp³-hybridized carbons (Fsp3) is 0.333. The highest BCUT2D eigenvalue weighted by Gasteiger charge is 2.32. The summed E-state index contributed by atoms with van der Waals surface area (Å²) in [5.41, 5.74) is 2.03. The van der Waals surface area contributed by atoms with E-state index in [0.29, 0.717) is 24.2 Å². The Morgan fingerprint density at radius 3 is 2.39 bits per heavy atom. The summed E-state index contributed by atoms with van der Waals surface area (Å²) in [5.74, 6) is -1.45. The van der Waals surface area contributed by atoms with Gasteiger partial charge < -0.3 is 10.6 Å². The highest BCUT2D eigenvalue weighted by atomic mass is 35.5. The van der Waals surface area contributed by atoms with E-state index in [1.807, 2.05) is 6.92 Å². The van der Waals surface area contributed by atoms with Crippen molar-refractivity contribution in [2.24, 2.45) is 5.92 Å². The van der Waals surface area contributed by atoms with Crippen LogP contribution in [0.2, 0.25) is 5.02 Å². The Balaban J connectivity index is 1.63. The predicted molar refractivity (Wildman–Crippen MR) is 117 cm³/mol. The zero-order valence-corrected chi connectivity index (χ0v) is 18.7. The number of hydrogen-bond donors (Lipinski definition) is 2. The second kappa shape index (κ2) is 9.33. The third-order valence-electron chi connectivity index (χ3n) is 5.17. The first-order chi connectivity index (χ1) is 14.6. The van der Waals surface area contributed by atoms with E-state index in [0.717, 1.165) is 17.7 Å². The van der Waals surface area contributed by atoms with Crippen molar-refractivity contribution in [3.8, 4) is 0 Å². The average molecular weight is 468 g/mol. The summed E-state index contributed by atoms with van der Waals surface area (Å²) in [4.78, 5) is 23.9. The number of nitrogens with one attached hydrogen (secondary N) is 2. The molecule has 0 saturated carbocycles. The van der Waals surface area contributed by atoms with Crippen LogP contribution in [0.1, 0.15) is 25.3 Å². The number of rotatable bonds is 5. The Labute approximate surface area is 185 Å². The molecule has 0 aliphatic carbocycles. The summed E-state index contributed by atoms with van der Waals surface area (Å²) in [6.45, 7) is 3.59. The maximum Gasteiger partial charge on any atom is 0.243 e. The molecule has 2 N–H and O–H groups in total. The maximum atomic E-state index is 13.4. The van der Waals surface area contributed by atoms with Crippen molar-refractivity contribution < 1.29 is 22.4 Å². The number of anilines is 2. The van der Waals surface area contributed by atoms with Crippen LogP contribution in [0.25, 0.3) is 0 Å². The Bertz CT molecular complexity index is 1120. The molecule has 1 aliphatic rings. The summed E-state index contributed by atoms with van der Waals surface area (Å²) >= 11 is 5.72. The Morgan fingerprint density at radius 2 is 1.77 bits per heavy atom. The second-order valence-corrected chi connectivity index (χ2v) is 9.80. The molecule has 0 atom stereocenters. The van der Waals surface area contributed by atoms with Crippen LogP contribution in [0, 0.1) is 18.7 Å². The van der Waals surface area contributed by atoms with Crippen molar-refractivity contribution >= 4 is 44.8 Å². The quantitative estimate of drug-likeness (QED) is 0.699. The molecule has 0 radical (unpaired) electrons. The van der Waals surface area contributed by atoms with Crippen molar-refractivity contribution in [2.75, 3.05) is 23.7 Å². The van der Waals surface area contributed by atoms with Gasteiger partial charge in [-0.2, -0.15) is 4.31 Å². The summed E-state index contributed by atoms with van der Waals surface area (Å²) in [7, 11) is -3.82. The average Bonchev–Trinajstić information content (AvgIpc) is 2.72. The molecule has 0 bridgehead atoms. The van der Waals surface area contributed by atoms with E-state index in [4.69, 9.17) is 11.6 Å². The van der Waals surface area contributed by atoms with E-state index in [2.05, 4.69) is 10.6 Å². The van der Waals surface area contributed by atoms with E-state index >= 15 is 0 Å². The molecule has 3 rings (SSSR count). The van der Waals surface area contributed by atoms with Crippen LogP contribution in [-0.4, -0.2) is 37.6 Å². The molecule has 10 heteroatoms. The fourth-order valence-corrected chi connectivity index (χ4v) is 5.15. The molecule has 1 heterocycles. The topological polar surface area (TPSA) is 95.6 Å². The van der Waals surface area contributed by atoms with Gasteiger partial charge in [0.2, 0.25) is 21.8 Å². The van der Waals surface area contributed by atoms with Crippen molar-refractivity contribution in [1.82, 2.24) is 4.31 Å². The molecular weight excluding hydrogens is 445 g/mol. The number of benzene rings is 2. The van der Waals surface area contributed by atoms with Crippen molar-refractivity contribution in [3.05, 3.63) is 52.8 Å². The van der Waals surface area contributed by atoms with Gasteiger partial charge in [-0.25, -0.2) is 12.8 Å². The van der Waals surface area contributed by atoms with Crippen molar-refractivity contribution in [3.63, 3.8) is 0 Å². The first kappa shape index (κ1) is 23.2. The lowest BCUT2D eigenvalue weighted by Gasteiger charge is -2.30. The minimum atomic E-state index is -3.82. The van der Waals surface area contributed by atoms with Crippen molar-refractivity contribution in [1.29, 1.82) is 0 Å². The van der Waals surface area contributed by atoms with Gasteiger partial charge in [0.05, 0.1) is 9.92 Å². The van der Waals surface area contributed by atoms with Gasteiger partial charge in [-0.05, 0) is 55.7 Å². The molecule has 166 valence electrons. The van der Waals surface area contributed by atoms with Crippen molar-refractivity contribution in [2.45, 2.75) is 31.6 Å². The third-order valence-corrected chi connectivity index (χ3v) is 7.35. The normalized spacial score (nSPS) is 15.5. The van der Waals surface area contributed by atoms with E-state index in [1.54, 1.807) is 18.2 Å². The largest absolute Gasteiger partial charge is 0.326 e. The number of carbonyl (C=O) groups is 2. The number of amides is 2. The summed E-state index contributed by atoms with van der Waals surface area (Å²) in [6, 6.07) is 8.52. The summed E-state index contributed by atoms with van der Waals surface area (Å²) in [6.07, 6.45) is 0.703. The van der Waals surface area contributed by atoms with Crippen LogP contribution in [0.4, 0.5) is 15.8 Å². The van der Waals surface area contributed by atoms with Crippen LogP contribution in [-0.2, 0) is 19.6 Å². The fourth-order valence-electron chi connectivity index (χ4n) is 3.41. The monoisotopic (exact) mass is 467 g/mol. The Kier molecular flexibility index (Phi) is 6.98. The molecule has 7 nitrogen and oxygen atoms in total. The Hall–Kier alpha value is -2.49. The molecule has 2 aromatic carbocycles. The zero-order chi connectivity index (χ0) is 22.8. The van der Waals surface area contributed by atoms with Gasteiger partial charge in [0.1, 0.15) is 5.82 Å². The van der Waals surface area contributed by atoms with Crippen LogP contribution < -0.4 is 10.6 Å². The van der Waals surface area contributed by atoms with Crippen LogP contribution in [0.3, 0.4) is 0 Å². The van der Waals surface area contributed by atoms with Crippen LogP contribution >= 0.6 is 11.6 Å². The number of nitrogens with zero attached hydrogens (tertiary/aromatic N) is 1. The van der Waals surface area contributed by atoms with Gasteiger partial charge in [-0.1, -0.05) is 17.7 Å². The highest BCUT2D eigenvalue weighted by molar-refractivity contribution is 7.89. The number of halogens is 2. The maximum absolute atomic E-state index is 13.4. The predicted octanol–water partition coefficient (Wildman–Crippen LogP) is 3.79. The van der Waals surface area contributed by atoms with Gasteiger partial charge in [-0.3, -0.25) is 9.59 Å². The number of carbonyl (C=O) groups excluding carboxylic acids is 2. The lowest BCUT2D eigenvalue weighted by atomic mass is 9.97. The number of sulfonamides is 1. The molecule has 31 heavy (non-hydrogen) atoms. The molecule has 0 unspecified atom stereocenters. The lowest BCUT2D eigenvalue weighted by molar-refractivity contribution is -0.121. The third kappa shape index (κ3) is 5.41. The van der Waals surface area contributed by atoms with Gasteiger partial charge in [0.25, 0.3) is 0 Å². The van der Waals surface area contributed by atoms with Gasteiger partial charge in [0.15, 0.2) is 0 Å². The molecule has 1 saturated heterocycles. The molecule has 0 aromatic heterocycles. The zero-order valence-electron chi connectivity index (χ0n) is 17.1. The van der Waals surface area contributed by atoms with Crippen LogP contribution in [0.15, 0.2) is 41.3 Å². The Morgan fingerprint density at radius 1 is 1.10 bits per heavy atom. The minimum absolute atomic E-state index is 0.0769. The van der Waals surface area contributed by atoms with Gasteiger partial charge in [-0.15, -0.1) is 0 Å². The molecule has 2 amide bonds. The first-order valence-corrected chi connectivity index (χ1v) is 11.5. The second-order valence-electron chi connectivity index (χ2n) is 7.45. The lowest BCUT2D eigenvalue weighted by Crippen LogP contribution is -2.41. The van der Waals surface area contributed by atoms with Gasteiger partial charge in [0, 0.05) is 37.3 Å². The number of piperidine rings is 1. The van der Waals surface area contributed by atoms with Crippen LogP contribution in [0.5, 0.6) is 0 Å². The van der Waals surface area contributed by atoms with E-state index < -0.39 is 15.8 Å². The van der Waals surface area contributed by atoms with Gasteiger partial charge >= 0.3 is 0 Å². The molecule has 0 spiro atoms. The summed E-state index contributed by atoms with van der Waals surface area (Å²) < 4.78 is 40.2. The number of hydrogen-bond acceptors (Lipinski definition) is 4. The first-order valence-electron chi connectivity index (χ1n) is 9.72. The minimum Gasteiger partial charge on any atom is -0.326 e. The highest BCUT2D eigenvalue weighted by Crippen LogP contribution is 2.28. The number of aryl methyl sites for hydroxylation is 1. The molecule has 1 fully saturated rings. The smallest absolute Gasteiger partial charge is 0.243 e. The molecule has 1 aliphatic heterocycles. The molecular formula is C21H23ClFN3O4S. The SMILES string of the molecule is CC(=O)Nc1cc(NC(=O)C2CCN(S(=O)(=O)c3ccc(F)c(Cl)c3)CC2)ccc1C. The van der Waals surface area contributed by atoms with E-state index in [1.165, 1.54) is 17.3 Å². The standard InChI is InChI=1S/C21H23ClFN3O4S/c1-13-3-4-16(11-20(13)24-14(2)27)25-21(28)15-7-9-26(10-8-15)31(29,30)17-5-6-19(23)18(22)12-17/h3-6,11-12,15H,7-10H2,1-2H3,(H,24,27)(H,25,28). The summed E-state index contributed by atoms with van der Waals surface area (Å²) in [5, 5.41) is 5.29.